The van der Waals surface area contributed by atoms with Crippen LogP contribution >= 0.6 is 0 Å². The van der Waals surface area contributed by atoms with Crippen LogP contribution in [0.2, 0.25) is 0 Å². The summed E-state index contributed by atoms with van der Waals surface area (Å²) < 4.78 is 19.3. The molecule has 0 N–H and O–H groups in total. The summed E-state index contributed by atoms with van der Waals surface area (Å²) in [6.07, 6.45) is 2.15. The standard InChI is InChI=1S/C28H26NO3/c1-17-11-12-19-22-13-20(18-9-7-6-8-10-18)21-14-25(30-3)26(31-4)15-23(21)27(22)29(2)16-24(19)28(17)32-5/h6-16H,1-5H3/q+1. The van der Waals surface area contributed by atoms with Gasteiger partial charge < -0.3 is 14.2 Å². The fourth-order valence-electron chi connectivity index (χ4n) is 4.78. The molecule has 4 heteroatoms. The monoisotopic (exact) mass is 424 g/mol. The second-order valence-electron chi connectivity index (χ2n) is 8.06. The summed E-state index contributed by atoms with van der Waals surface area (Å²) in [5.74, 6) is 2.35. The third kappa shape index (κ3) is 2.94. The van der Waals surface area contributed by atoms with Crippen LogP contribution in [0, 0.1) is 6.92 Å². The van der Waals surface area contributed by atoms with Gasteiger partial charge >= 0.3 is 0 Å². The normalized spacial score (nSPS) is 11.3. The summed E-state index contributed by atoms with van der Waals surface area (Å²) in [4.78, 5) is 0. The minimum absolute atomic E-state index is 0.716. The summed E-state index contributed by atoms with van der Waals surface area (Å²) >= 11 is 0. The van der Waals surface area contributed by atoms with Crippen molar-refractivity contribution in [3.8, 4) is 28.4 Å². The molecule has 0 saturated heterocycles. The van der Waals surface area contributed by atoms with E-state index in [0.29, 0.717) is 5.75 Å². The Kier molecular flexibility index (Phi) is 4.86. The van der Waals surface area contributed by atoms with Crippen LogP contribution < -0.4 is 18.8 Å². The Morgan fingerprint density at radius 2 is 1.31 bits per heavy atom. The number of aryl methyl sites for hydroxylation is 2. The maximum atomic E-state index is 5.78. The number of benzene rings is 4. The van der Waals surface area contributed by atoms with Crippen LogP contribution in [0.4, 0.5) is 0 Å². The summed E-state index contributed by atoms with van der Waals surface area (Å²) in [6.45, 7) is 2.08. The van der Waals surface area contributed by atoms with Crippen molar-refractivity contribution in [2.24, 2.45) is 7.05 Å². The fourth-order valence-corrected chi connectivity index (χ4v) is 4.78. The Labute approximate surface area is 187 Å². The van der Waals surface area contributed by atoms with Crippen molar-refractivity contribution in [1.82, 2.24) is 0 Å². The smallest absolute Gasteiger partial charge is 0.220 e. The Morgan fingerprint density at radius 3 is 1.97 bits per heavy atom. The molecule has 0 unspecified atom stereocenters. The zero-order valence-corrected chi connectivity index (χ0v) is 19.0. The SMILES string of the molecule is COc1cc2c(-c3ccccc3)cc3c4ccc(C)c(OC)c4c[n+](C)c3c2cc1OC. The van der Waals surface area contributed by atoms with Crippen molar-refractivity contribution in [2.45, 2.75) is 6.92 Å². The zero-order valence-electron chi connectivity index (χ0n) is 19.0. The van der Waals surface area contributed by atoms with Gasteiger partial charge in [-0.3, -0.25) is 0 Å². The van der Waals surface area contributed by atoms with Crippen LogP contribution in [0.1, 0.15) is 5.56 Å². The molecule has 5 aromatic rings. The van der Waals surface area contributed by atoms with E-state index in [2.05, 4.69) is 79.3 Å². The Balaban J connectivity index is 2.04. The second kappa shape index (κ2) is 7.72. The Hall–Kier alpha value is -3.79. The van der Waals surface area contributed by atoms with Crippen LogP contribution in [-0.2, 0) is 7.05 Å². The summed E-state index contributed by atoms with van der Waals surface area (Å²) in [5, 5.41) is 5.66. The average Bonchev–Trinajstić information content (AvgIpc) is 2.82. The maximum absolute atomic E-state index is 5.78. The van der Waals surface area contributed by atoms with Gasteiger partial charge in [0.15, 0.2) is 17.7 Å². The van der Waals surface area contributed by atoms with Gasteiger partial charge in [-0.2, -0.15) is 4.57 Å². The highest BCUT2D eigenvalue weighted by Gasteiger charge is 2.22. The highest BCUT2D eigenvalue weighted by Crippen LogP contribution is 2.42. The zero-order chi connectivity index (χ0) is 22.4. The number of fused-ring (bicyclic) bond motifs is 5. The third-order valence-electron chi connectivity index (χ3n) is 6.26. The van der Waals surface area contributed by atoms with Crippen molar-refractivity contribution in [1.29, 1.82) is 0 Å². The second-order valence-corrected chi connectivity index (χ2v) is 8.06. The molecule has 1 heterocycles. The largest absolute Gasteiger partial charge is 0.496 e. The predicted molar refractivity (Wildman–Crippen MR) is 130 cm³/mol. The molecule has 0 saturated carbocycles. The Morgan fingerprint density at radius 1 is 0.656 bits per heavy atom. The summed E-state index contributed by atoms with van der Waals surface area (Å²) in [5.41, 5.74) is 4.57. The number of methoxy groups -OCH3 is 3. The first-order valence-corrected chi connectivity index (χ1v) is 10.6. The van der Waals surface area contributed by atoms with Crippen LogP contribution in [0.15, 0.2) is 66.9 Å². The molecule has 0 aliphatic carbocycles. The van der Waals surface area contributed by atoms with Crippen molar-refractivity contribution >= 4 is 32.4 Å². The lowest BCUT2D eigenvalue weighted by atomic mass is 9.92. The van der Waals surface area contributed by atoms with Gasteiger partial charge in [0.25, 0.3) is 0 Å². The minimum Gasteiger partial charge on any atom is -0.496 e. The molecule has 32 heavy (non-hydrogen) atoms. The van der Waals surface area contributed by atoms with E-state index in [9.17, 15) is 0 Å². The minimum atomic E-state index is 0.716. The van der Waals surface area contributed by atoms with Crippen molar-refractivity contribution < 1.29 is 18.8 Å². The number of aromatic nitrogens is 1. The fraction of sp³-hybridized carbons (Fsp3) is 0.179. The van der Waals surface area contributed by atoms with Gasteiger partial charge in [-0.15, -0.1) is 0 Å². The molecular formula is C28H26NO3+. The van der Waals surface area contributed by atoms with E-state index in [1.807, 2.05) is 6.07 Å². The maximum Gasteiger partial charge on any atom is 0.220 e. The molecule has 4 nitrogen and oxygen atoms in total. The lowest BCUT2D eigenvalue weighted by Gasteiger charge is -2.15. The Bertz CT molecular complexity index is 1490. The number of hydrogen-bond donors (Lipinski definition) is 0. The van der Waals surface area contributed by atoms with Gasteiger partial charge in [-0.05, 0) is 41.8 Å². The quantitative estimate of drug-likeness (QED) is 0.263. The van der Waals surface area contributed by atoms with Crippen LogP contribution in [-0.4, -0.2) is 21.3 Å². The third-order valence-corrected chi connectivity index (χ3v) is 6.26. The first kappa shape index (κ1) is 20.1. The molecule has 0 aliphatic heterocycles. The van der Waals surface area contributed by atoms with Crippen molar-refractivity contribution in [3.05, 3.63) is 72.4 Å². The number of nitrogens with zero attached hydrogens (tertiary/aromatic N) is 1. The van der Waals surface area contributed by atoms with Gasteiger partial charge in [-0.25, -0.2) is 0 Å². The molecule has 1 aromatic heterocycles. The van der Waals surface area contributed by atoms with E-state index in [4.69, 9.17) is 14.2 Å². The lowest BCUT2D eigenvalue weighted by Crippen LogP contribution is -2.28. The molecule has 0 aliphatic rings. The van der Waals surface area contributed by atoms with Crippen molar-refractivity contribution in [3.63, 3.8) is 0 Å². The van der Waals surface area contributed by atoms with Crippen LogP contribution in [0.25, 0.3) is 43.6 Å². The summed E-state index contributed by atoms with van der Waals surface area (Å²) in [7, 11) is 7.17. The molecule has 5 rings (SSSR count). The summed E-state index contributed by atoms with van der Waals surface area (Å²) in [6, 6.07) is 21.2. The van der Waals surface area contributed by atoms with E-state index in [1.54, 1.807) is 21.3 Å². The highest BCUT2D eigenvalue weighted by atomic mass is 16.5. The molecule has 0 atom stereocenters. The van der Waals surface area contributed by atoms with E-state index >= 15 is 0 Å². The first-order chi connectivity index (χ1) is 15.6. The van der Waals surface area contributed by atoms with Gasteiger partial charge in [0.2, 0.25) is 5.52 Å². The number of ether oxygens (including phenoxy) is 3. The number of rotatable bonds is 4. The van der Waals surface area contributed by atoms with Gasteiger partial charge in [0.1, 0.15) is 12.8 Å². The molecule has 160 valence electrons. The van der Waals surface area contributed by atoms with Crippen LogP contribution in [0.3, 0.4) is 0 Å². The van der Waals surface area contributed by atoms with Gasteiger partial charge in [-0.1, -0.05) is 42.5 Å². The highest BCUT2D eigenvalue weighted by molar-refractivity contribution is 6.19. The molecular weight excluding hydrogens is 398 g/mol. The van der Waals surface area contributed by atoms with E-state index in [-0.39, 0.29) is 0 Å². The van der Waals surface area contributed by atoms with Crippen LogP contribution in [0.5, 0.6) is 17.2 Å². The van der Waals surface area contributed by atoms with E-state index in [0.717, 1.165) is 55.3 Å². The number of pyridine rings is 1. The van der Waals surface area contributed by atoms with Gasteiger partial charge in [0, 0.05) is 10.8 Å². The molecule has 0 bridgehead atoms. The lowest BCUT2D eigenvalue weighted by molar-refractivity contribution is -0.642. The number of hydrogen-bond acceptors (Lipinski definition) is 3. The van der Waals surface area contributed by atoms with E-state index in [1.165, 1.54) is 5.39 Å². The topological polar surface area (TPSA) is 31.6 Å². The molecule has 4 aromatic carbocycles. The van der Waals surface area contributed by atoms with Gasteiger partial charge in [0.05, 0.1) is 37.5 Å². The first-order valence-electron chi connectivity index (χ1n) is 10.6. The predicted octanol–water partition coefficient (Wildman–Crippen LogP) is 5.97. The molecule has 0 spiro atoms. The van der Waals surface area contributed by atoms with Crippen molar-refractivity contribution in [2.75, 3.05) is 21.3 Å². The molecule has 0 amide bonds. The van der Waals surface area contributed by atoms with E-state index < -0.39 is 0 Å². The molecule has 0 fully saturated rings. The average molecular weight is 425 g/mol. The molecule has 0 radical (unpaired) electrons.